The van der Waals surface area contributed by atoms with Gasteiger partial charge in [-0.3, -0.25) is 0 Å². The summed E-state index contributed by atoms with van der Waals surface area (Å²) in [5, 5.41) is 10.3. The van der Waals surface area contributed by atoms with Crippen LogP contribution in [0.4, 0.5) is 0 Å². The van der Waals surface area contributed by atoms with E-state index in [2.05, 4.69) is 0 Å². The van der Waals surface area contributed by atoms with Crippen LogP contribution in [0.3, 0.4) is 0 Å². The van der Waals surface area contributed by atoms with Gasteiger partial charge in [-0.05, 0) is 32.6 Å². The minimum Gasteiger partial charge on any atom is -0.390 e. The molecule has 0 bridgehead atoms. The van der Waals surface area contributed by atoms with E-state index in [0.717, 1.165) is 19.3 Å². The van der Waals surface area contributed by atoms with Gasteiger partial charge in [0.15, 0.2) is 0 Å². The van der Waals surface area contributed by atoms with Gasteiger partial charge < -0.3 is 5.11 Å². The van der Waals surface area contributed by atoms with Crippen molar-refractivity contribution in [3.63, 3.8) is 0 Å². The standard InChI is InChI=1S/C10H17ClO3S/c1-9(12)5-3-2-4-8(9)10(6-7-10)15(11,13)14/h8,12H,2-7H2,1H3/t8-,9-/m1/s1. The van der Waals surface area contributed by atoms with Crippen molar-refractivity contribution in [3.05, 3.63) is 0 Å². The van der Waals surface area contributed by atoms with Gasteiger partial charge in [0.1, 0.15) is 0 Å². The third-order valence-electron chi connectivity index (χ3n) is 4.04. The van der Waals surface area contributed by atoms with Crippen molar-refractivity contribution in [2.45, 2.75) is 55.8 Å². The van der Waals surface area contributed by atoms with E-state index in [-0.39, 0.29) is 5.92 Å². The monoisotopic (exact) mass is 252 g/mol. The number of halogens is 1. The van der Waals surface area contributed by atoms with Gasteiger partial charge in [0, 0.05) is 16.6 Å². The van der Waals surface area contributed by atoms with Crippen molar-refractivity contribution in [2.75, 3.05) is 0 Å². The number of rotatable bonds is 2. The molecule has 3 nitrogen and oxygen atoms in total. The van der Waals surface area contributed by atoms with Crippen molar-refractivity contribution >= 4 is 19.7 Å². The Hall–Kier alpha value is 0.200. The second kappa shape index (κ2) is 3.34. The van der Waals surface area contributed by atoms with Crippen LogP contribution >= 0.6 is 10.7 Å². The quantitative estimate of drug-likeness (QED) is 0.765. The molecule has 2 aliphatic rings. The summed E-state index contributed by atoms with van der Waals surface area (Å²) in [6.07, 6.45) is 4.65. The number of hydrogen-bond donors (Lipinski definition) is 1. The SMILES string of the molecule is C[C@@]1(O)CCCC[C@H]1C1(S(=O)(=O)Cl)CC1. The first-order chi connectivity index (χ1) is 6.80. The molecule has 15 heavy (non-hydrogen) atoms. The second-order valence-electron chi connectivity index (χ2n) is 5.16. The molecule has 2 aliphatic carbocycles. The Morgan fingerprint density at radius 2 is 1.87 bits per heavy atom. The first-order valence-electron chi connectivity index (χ1n) is 5.46. The van der Waals surface area contributed by atoms with Crippen molar-refractivity contribution in [3.8, 4) is 0 Å². The summed E-state index contributed by atoms with van der Waals surface area (Å²) in [4.78, 5) is 0. The molecule has 0 aromatic rings. The Bertz CT molecular complexity index is 357. The molecule has 0 aliphatic heterocycles. The second-order valence-corrected chi connectivity index (χ2v) is 8.07. The van der Waals surface area contributed by atoms with E-state index in [1.807, 2.05) is 0 Å². The van der Waals surface area contributed by atoms with Crippen LogP contribution in [0.25, 0.3) is 0 Å². The molecule has 2 rings (SSSR count). The molecule has 2 saturated carbocycles. The number of aliphatic hydroxyl groups is 1. The molecule has 0 radical (unpaired) electrons. The Kier molecular flexibility index (Phi) is 2.60. The highest BCUT2D eigenvalue weighted by Crippen LogP contribution is 2.57. The van der Waals surface area contributed by atoms with Crippen molar-refractivity contribution in [1.29, 1.82) is 0 Å². The van der Waals surface area contributed by atoms with Gasteiger partial charge in [0.05, 0.1) is 10.3 Å². The highest BCUT2D eigenvalue weighted by atomic mass is 35.7. The van der Waals surface area contributed by atoms with Gasteiger partial charge in [0.25, 0.3) is 0 Å². The molecule has 2 fully saturated rings. The fraction of sp³-hybridized carbons (Fsp3) is 1.00. The largest absolute Gasteiger partial charge is 0.390 e. The zero-order chi connectivity index (χ0) is 11.3. The topological polar surface area (TPSA) is 54.4 Å². The number of hydrogen-bond acceptors (Lipinski definition) is 3. The van der Waals surface area contributed by atoms with Gasteiger partial charge in [-0.25, -0.2) is 8.42 Å². The van der Waals surface area contributed by atoms with Crippen LogP contribution in [-0.4, -0.2) is 23.9 Å². The van der Waals surface area contributed by atoms with Crippen molar-refractivity contribution in [2.24, 2.45) is 5.92 Å². The van der Waals surface area contributed by atoms with Crippen LogP contribution in [0.15, 0.2) is 0 Å². The first-order valence-corrected chi connectivity index (χ1v) is 7.77. The third-order valence-corrected chi connectivity index (χ3v) is 6.63. The van der Waals surface area contributed by atoms with E-state index in [4.69, 9.17) is 10.7 Å². The molecule has 5 heteroatoms. The molecule has 0 spiro atoms. The van der Waals surface area contributed by atoms with E-state index in [9.17, 15) is 13.5 Å². The van der Waals surface area contributed by atoms with Crippen LogP contribution in [0.2, 0.25) is 0 Å². The maximum atomic E-state index is 11.6. The summed E-state index contributed by atoms with van der Waals surface area (Å²) in [6.45, 7) is 1.75. The Balaban J connectivity index is 2.30. The Morgan fingerprint density at radius 1 is 1.27 bits per heavy atom. The third kappa shape index (κ3) is 1.81. The smallest absolute Gasteiger partial charge is 0.238 e. The minimum atomic E-state index is -3.55. The molecule has 0 unspecified atom stereocenters. The maximum Gasteiger partial charge on any atom is 0.238 e. The average Bonchev–Trinajstić information content (AvgIpc) is 2.82. The van der Waals surface area contributed by atoms with Gasteiger partial charge in [-0.2, -0.15) is 0 Å². The van der Waals surface area contributed by atoms with Gasteiger partial charge in [0.2, 0.25) is 9.05 Å². The average molecular weight is 253 g/mol. The molecule has 0 amide bonds. The molecule has 88 valence electrons. The first kappa shape index (κ1) is 11.7. The van der Waals surface area contributed by atoms with Crippen LogP contribution in [0.1, 0.15) is 45.4 Å². The highest BCUT2D eigenvalue weighted by Gasteiger charge is 2.63. The zero-order valence-corrected chi connectivity index (χ0v) is 10.4. The molecule has 0 aromatic carbocycles. The summed E-state index contributed by atoms with van der Waals surface area (Å²) in [6, 6.07) is 0. The minimum absolute atomic E-state index is 0.179. The van der Waals surface area contributed by atoms with Crippen molar-refractivity contribution in [1.82, 2.24) is 0 Å². The fourth-order valence-electron chi connectivity index (χ4n) is 3.03. The van der Waals surface area contributed by atoms with E-state index in [1.54, 1.807) is 6.92 Å². The summed E-state index contributed by atoms with van der Waals surface area (Å²) in [7, 11) is 1.96. The van der Waals surface area contributed by atoms with Gasteiger partial charge in [-0.1, -0.05) is 12.8 Å². The lowest BCUT2D eigenvalue weighted by Gasteiger charge is -2.41. The summed E-state index contributed by atoms with van der Waals surface area (Å²) in [5.74, 6) is -0.179. The van der Waals surface area contributed by atoms with Crippen molar-refractivity contribution < 1.29 is 13.5 Å². The molecular weight excluding hydrogens is 236 g/mol. The van der Waals surface area contributed by atoms with Gasteiger partial charge in [-0.15, -0.1) is 0 Å². The van der Waals surface area contributed by atoms with Crippen LogP contribution in [0, 0.1) is 5.92 Å². The van der Waals surface area contributed by atoms with Crippen LogP contribution in [-0.2, 0) is 9.05 Å². The Morgan fingerprint density at radius 3 is 2.27 bits per heavy atom. The molecule has 0 heterocycles. The molecule has 0 saturated heterocycles. The highest BCUT2D eigenvalue weighted by molar-refractivity contribution is 8.15. The molecular formula is C10H17ClO3S. The lowest BCUT2D eigenvalue weighted by atomic mass is 9.74. The molecule has 2 atom stereocenters. The van der Waals surface area contributed by atoms with Crippen LogP contribution in [0.5, 0.6) is 0 Å². The zero-order valence-electron chi connectivity index (χ0n) is 8.87. The lowest BCUT2D eigenvalue weighted by molar-refractivity contribution is -0.0362. The van der Waals surface area contributed by atoms with E-state index in [0.29, 0.717) is 19.3 Å². The van der Waals surface area contributed by atoms with Crippen LogP contribution < -0.4 is 0 Å². The Labute approximate surface area is 95.2 Å². The van der Waals surface area contributed by atoms with E-state index < -0.39 is 19.4 Å². The molecule has 1 N–H and O–H groups in total. The van der Waals surface area contributed by atoms with E-state index in [1.165, 1.54) is 0 Å². The van der Waals surface area contributed by atoms with Gasteiger partial charge >= 0.3 is 0 Å². The fourth-order valence-corrected chi connectivity index (χ4v) is 5.12. The molecule has 0 aromatic heterocycles. The predicted octanol–water partition coefficient (Wildman–Crippen LogP) is 2.03. The predicted molar refractivity (Wildman–Crippen MR) is 59.3 cm³/mol. The maximum absolute atomic E-state index is 11.6. The summed E-state index contributed by atoms with van der Waals surface area (Å²) in [5.41, 5.74) is -0.864. The lowest BCUT2D eigenvalue weighted by Crippen LogP contribution is -2.47. The summed E-state index contributed by atoms with van der Waals surface area (Å²) >= 11 is 0. The normalized spacial score (nSPS) is 40.1. The summed E-state index contributed by atoms with van der Waals surface area (Å²) < 4.78 is 22.3. The van der Waals surface area contributed by atoms with E-state index >= 15 is 0 Å².